The number of hydrogen-bond donors (Lipinski definition) is 1. The van der Waals surface area contributed by atoms with Gasteiger partial charge in [0, 0.05) is 29.1 Å². The van der Waals surface area contributed by atoms with Crippen LogP contribution in [0.1, 0.15) is 41.4 Å². The van der Waals surface area contributed by atoms with Crippen molar-refractivity contribution in [3.05, 3.63) is 89.3 Å². The van der Waals surface area contributed by atoms with Crippen molar-refractivity contribution >= 4 is 17.0 Å². The van der Waals surface area contributed by atoms with Crippen LogP contribution in [0.4, 0.5) is 13.2 Å². The van der Waals surface area contributed by atoms with Crippen LogP contribution in [0.5, 0.6) is 0 Å². The highest BCUT2D eigenvalue weighted by molar-refractivity contribution is 5.97. The van der Waals surface area contributed by atoms with Crippen molar-refractivity contribution in [1.82, 2.24) is 19.7 Å². The number of benzene rings is 1. The van der Waals surface area contributed by atoms with Crippen molar-refractivity contribution in [3.63, 3.8) is 0 Å². The number of nitrogens with zero attached hydrogens (tertiary/aromatic N) is 4. The van der Waals surface area contributed by atoms with E-state index in [2.05, 4.69) is 15.1 Å². The molecule has 0 aliphatic rings. The molecule has 0 aliphatic carbocycles. The van der Waals surface area contributed by atoms with E-state index in [1.165, 1.54) is 29.1 Å². The van der Waals surface area contributed by atoms with E-state index < -0.39 is 23.9 Å². The van der Waals surface area contributed by atoms with Crippen molar-refractivity contribution in [1.29, 1.82) is 0 Å². The summed E-state index contributed by atoms with van der Waals surface area (Å²) in [7, 11) is 0. The zero-order valence-electron chi connectivity index (χ0n) is 20.7. The number of alkyl halides is 3. The minimum Gasteiger partial charge on any atom is -0.481 e. The molecule has 0 radical (unpaired) electrons. The Kier molecular flexibility index (Phi) is 6.26. The molecule has 1 N–H and O–H groups in total. The molecule has 0 saturated carbocycles. The molecule has 0 saturated heterocycles. The summed E-state index contributed by atoms with van der Waals surface area (Å²) < 4.78 is 51.3. The molecule has 0 spiro atoms. The largest absolute Gasteiger partial charge is 0.481 e. The molecule has 4 heterocycles. The number of carbonyl (C=O) groups is 1. The van der Waals surface area contributed by atoms with E-state index >= 15 is 0 Å². The van der Waals surface area contributed by atoms with Crippen LogP contribution in [0.3, 0.4) is 0 Å². The van der Waals surface area contributed by atoms with E-state index in [0.717, 1.165) is 0 Å². The molecule has 5 aromatic rings. The van der Waals surface area contributed by atoms with Crippen LogP contribution in [0.25, 0.3) is 33.3 Å². The van der Waals surface area contributed by atoms with E-state index in [4.69, 9.17) is 4.52 Å². The second-order valence-electron chi connectivity index (χ2n) is 9.08. The van der Waals surface area contributed by atoms with Gasteiger partial charge in [0.25, 0.3) is 0 Å². The highest BCUT2D eigenvalue weighted by Crippen LogP contribution is 2.46. The van der Waals surface area contributed by atoms with E-state index in [1.54, 1.807) is 57.2 Å². The molecule has 1 atom stereocenters. The zero-order valence-corrected chi connectivity index (χ0v) is 20.7. The highest BCUT2D eigenvalue weighted by Gasteiger charge is 2.41. The first-order valence-corrected chi connectivity index (χ1v) is 11.8. The molecule has 1 aromatic carbocycles. The first kappa shape index (κ1) is 25.2. The van der Waals surface area contributed by atoms with Crippen LogP contribution in [-0.4, -0.2) is 30.8 Å². The van der Waals surface area contributed by atoms with Crippen molar-refractivity contribution in [2.75, 3.05) is 0 Å². The van der Waals surface area contributed by atoms with Crippen LogP contribution in [0.2, 0.25) is 0 Å². The van der Waals surface area contributed by atoms with Gasteiger partial charge in [0.05, 0.1) is 34.9 Å². The Bertz CT molecular complexity index is 1640. The smallest absolute Gasteiger partial charge is 0.432 e. The molecular formula is C28H23F3N4O3. The van der Waals surface area contributed by atoms with Gasteiger partial charge in [-0.1, -0.05) is 35.5 Å². The lowest BCUT2D eigenvalue weighted by atomic mass is 10.00. The average molecular weight is 521 g/mol. The molecular weight excluding hydrogens is 497 g/mol. The number of aromatic nitrogens is 4. The third kappa shape index (κ3) is 4.42. The molecule has 0 fully saturated rings. The van der Waals surface area contributed by atoms with Gasteiger partial charge in [-0.25, -0.2) is 0 Å². The van der Waals surface area contributed by atoms with Gasteiger partial charge in [-0.2, -0.15) is 13.2 Å². The van der Waals surface area contributed by atoms with E-state index in [-0.39, 0.29) is 28.6 Å². The maximum Gasteiger partial charge on any atom is 0.432 e. The number of halogens is 3. The summed E-state index contributed by atoms with van der Waals surface area (Å²) >= 11 is 0. The molecule has 5 rings (SSSR count). The fourth-order valence-corrected chi connectivity index (χ4v) is 4.94. The van der Waals surface area contributed by atoms with Crippen LogP contribution in [0, 0.1) is 13.8 Å². The topological polar surface area (TPSA) is 94.0 Å². The highest BCUT2D eigenvalue weighted by atomic mass is 19.4. The summed E-state index contributed by atoms with van der Waals surface area (Å²) in [6, 6.07) is 12.1. The molecule has 1 unspecified atom stereocenters. The fourth-order valence-electron chi connectivity index (χ4n) is 4.94. The summed E-state index contributed by atoms with van der Waals surface area (Å²) in [5.41, 5.74) is 2.28. The van der Waals surface area contributed by atoms with Gasteiger partial charge in [-0.15, -0.1) is 0 Å². The summed E-state index contributed by atoms with van der Waals surface area (Å²) in [5, 5.41) is 13.2. The predicted octanol–water partition coefficient (Wildman–Crippen LogP) is 6.63. The van der Waals surface area contributed by atoms with E-state index in [9.17, 15) is 23.1 Å². The molecule has 10 heteroatoms. The number of fused-ring (bicyclic) bond motifs is 1. The lowest BCUT2D eigenvalue weighted by Crippen LogP contribution is -2.19. The van der Waals surface area contributed by atoms with Gasteiger partial charge in [-0.3, -0.25) is 14.8 Å². The Balaban J connectivity index is 1.87. The summed E-state index contributed by atoms with van der Waals surface area (Å²) in [5.74, 6) is -0.552. The van der Waals surface area contributed by atoms with E-state index in [1.807, 2.05) is 0 Å². The molecule has 4 aromatic heterocycles. The molecule has 38 heavy (non-hydrogen) atoms. The number of hydrogen-bond acceptors (Lipinski definition) is 5. The van der Waals surface area contributed by atoms with Crippen LogP contribution >= 0.6 is 0 Å². The van der Waals surface area contributed by atoms with Crippen LogP contribution < -0.4 is 0 Å². The third-order valence-electron chi connectivity index (χ3n) is 6.51. The van der Waals surface area contributed by atoms with Crippen LogP contribution in [-0.2, 0) is 17.4 Å². The van der Waals surface area contributed by atoms with Gasteiger partial charge in [0.1, 0.15) is 11.5 Å². The number of aryl methyl sites for hydroxylation is 2. The van der Waals surface area contributed by atoms with Gasteiger partial charge >= 0.3 is 12.1 Å². The van der Waals surface area contributed by atoms with Crippen LogP contribution in [0.15, 0.2) is 65.4 Å². The maximum atomic E-state index is 14.9. The zero-order chi connectivity index (χ0) is 27.2. The molecule has 194 valence electrons. The number of rotatable bonds is 6. The quantitative estimate of drug-likeness (QED) is 0.270. The average Bonchev–Trinajstić information content (AvgIpc) is 3.40. The minimum atomic E-state index is -4.76. The van der Waals surface area contributed by atoms with Gasteiger partial charge in [-0.05, 0) is 50.1 Å². The summed E-state index contributed by atoms with van der Waals surface area (Å²) in [6.07, 6.45) is -2.03. The van der Waals surface area contributed by atoms with Crippen molar-refractivity contribution < 1.29 is 27.6 Å². The maximum absolute atomic E-state index is 14.9. The Labute approximate surface area is 215 Å². The number of aliphatic carboxylic acids is 1. The lowest BCUT2D eigenvalue weighted by molar-refractivity contribution is -0.143. The summed E-state index contributed by atoms with van der Waals surface area (Å²) in [6.45, 7) is 5.14. The van der Waals surface area contributed by atoms with Crippen molar-refractivity contribution in [2.45, 2.75) is 39.4 Å². The first-order chi connectivity index (χ1) is 18.1. The number of carboxylic acid groups (broad SMARTS) is 1. The van der Waals surface area contributed by atoms with Gasteiger partial charge in [0.2, 0.25) is 0 Å². The Morgan fingerprint density at radius 2 is 1.84 bits per heavy atom. The van der Waals surface area contributed by atoms with Gasteiger partial charge in [0.15, 0.2) is 0 Å². The Morgan fingerprint density at radius 3 is 2.47 bits per heavy atom. The fraction of sp³-hybridized carbons (Fsp3) is 0.214. The van der Waals surface area contributed by atoms with Crippen molar-refractivity contribution in [2.24, 2.45) is 0 Å². The standard InChI is InChI=1S/C28H23F3N4O3/c1-15-24(17(3)38-34-15)20-13-22-26(33-14-20)25(19-8-6-7-18(11-19)12-23(36)37)27(28(29,30)31)35(22)16(2)21-9-4-5-10-32-21/h4-11,13-14,16H,12H2,1-3H3,(H,36,37). The normalized spacial score (nSPS) is 12.7. The van der Waals surface area contributed by atoms with Gasteiger partial charge < -0.3 is 14.2 Å². The summed E-state index contributed by atoms with van der Waals surface area (Å²) in [4.78, 5) is 20.1. The minimum absolute atomic E-state index is 0.118. The SMILES string of the molecule is Cc1noc(C)c1-c1cnc2c(-c3cccc(CC(=O)O)c3)c(C(F)(F)F)n(C(C)c3ccccn3)c2c1. The Hall–Kier alpha value is -4.47. The monoisotopic (exact) mass is 520 g/mol. The molecule has 0 aliphatic heterocycles. The Morgan fingerprint density at radius 1 is 1.05 bits per heavy atom. The molecule has 0 amide bonds. The third-order valence-corrected chi connectivity index (χ3v) is 6.51. The van der Waals surface area contributed by atoms with E-state index in [0.29, 0.717) is 33.8 Å². The number of pyridine rings is 2. The molecule has 0 bridgehead atoms. The first-order valence-electron chi connectivity index (χ1n) is 11.8. The number of carboxylic acids is 1. The predicted molar refractivity (Wildman–Crippen MR) is 135 cm³/mol. The second-order valence-corrected chi connectivity index (χ2v) is 9.08. The lowest BCUT2D eigenvalue weighted by Gasteiger charge is -2.21. The van der Waals surface area contributed by atoms with Crippen molar-refractivity contribution in [3.8, 4) is 22.3 Å². The molecule has 7 nitrogen and oxygen atoms in total. The second kappa shape index (κ2) is 9.44.